The van der Waals surface area contributed by atoms with Crippen LogP contribution in [-0.4, -0.2) is 57.0 Å². The Kier molecular flexibility index (Phi) is 9.36. The topological polar surface area (TPSA) is 124 Å². The van der Waals surface area contributed by atoms with Gasteiger partial charge in [-0.3, -0.25) is 14.2 Å². The fraction of sp³-hybridized carbons (Fsp3) is 0.280. The molecule has 0 unspecified atom stereocenters. The van der Waals surface area contributed by atoms with Crippen molar-refractivity contribution >= 4 is 68.0 Å². The number of ether oxygens (including phenoxy) is 2. The maximum atomic E-state index is 13.0. The van der Waals surface area contributed by atoms with Crippen LogP contribution in [0.2, 0.25) is 4.34 Å². The summed E-state index contributed by atoms with van der Waals surface area (Å²) in [6, 6.07) is 15.8. The lowest BCUT2D eigenvalue weighted by molar-refractivity contribution is -0.126. The van der Waals surface area contributed by atoms with Crippen molar-refractivity contribution in [3.63, 3.8) is 0 Å². The van der Waals surface area contributed by atoms with Crippen LogP contribution in [0, 0.1) is 0 Å². The van der Waals surface area contributed by atoms with Gasteiger partial charge in [-0.1, -0.05) is 41.9 Å². The summed E-state index contributed by atoms with van der Waals surface area (Å²) < 4.78 is 41.7. The number of aromatic nitrogens is 2. The van der Waals surface area contributed by atoms with E-state index in [0.717, 1.165) is 22.5 Å². The van der Waals surface area contributed by atoms with Crippen molar-refractivity contribution in [2.75, 3.05) is 31.6 Å². The van der Waals surface area contributed by atoms with Gasteiger partial charge in [0.05, 0.1) is 42.1 Å². The highest BCUT2D eigenvalue weighted by atomic mass is 35.5. The Hall–Kier alpha value is -2.87. The van der Waals surface area contributed by atoms with Crippen molar-refractivity contribution in [1.29, 1.82) is 0 Å². The number of nitrogens with zero attached hydrogens (tertiary/aromatic N) is 2. The Labute approximate surface area is 241 Å². The SMILES string of the molecule is COc1cccc2c1c(NS(=O)(=O)c1ccc(Cl)s1)nn2Cc1cccc(CNC(=O)[C@H]2COCCN2)c1.Cl. The van der Waals surface area contributed by atoms with E-state index in [0.29, 0.717) is 53.8 Å². The zero-order valence-electron chi connectivity index (χ0n) is 20.8. The molecule has 0 saturated carbocycles. The lowest BCUT2D eigenvalue weighted by atomic mass is 10.1. The third kappa shape index (κ3) is 6.65. The number of thiophene rings is 1. The summed E-state index contributed by atoms with van der Waals surface area (Å²) in [5.41, 5.74) is 2.56. The predicted octanol–water partition coefficient (Wildman–Crippen LogP) is 3.64. The number of carbonyl (C=O) groups is 1. The summed E-state index contributed by atoms with van der Waals surface area (Å²) in [4.78, 5) is 12.4. The molecule has 5 rings (SSSR count). The average molecular weight is 613 g/mol. The number of amides is 1. The first-order valence-electron chi connectivity index (χ1n) is 11.8. The first-order chi connectivity index (χ1) is 18.3. The minimum absolute atomic E-state index is 0. The summed E-state index contributed by atoms with van der Waals surface area (Å²) in [6.45, 7) is 2.34. The van der Waals surface area contributed by atoms with Crippen LogP contribution < -0.4 is 20.1 Å². The molecule has 1 aliphatic heterocycles. The van der Waals surface area contributed by atoms with Crippen molar-refractivity contribution in [2.24, 2.45) is 0 Å². The quantitative estimate of drug-likeness (QED) is 0.264. The highest BCUT2D eigenvalue weighted by Crippen LogP contribution is 2.35. The Balaban J connectivity index is 0.00000353. The molecule has 208 valence electrons. The predicted molar refractivity (Wildman–Crippen MR) is 154 cm³/mol. The number of halogens is 2. The minimum atomic E-state index is -3.90. The monoisotopic (exact) mass is 611 g/mol. The third-order valence-electron chi connectivity index (χ3n) is 6.03. The number of hydrogen-bond acceptors (Lipinski definition) is 8. The molecule has 2 aromatic heterocycles. The normalized spacial score (nSPS) is 15.5. The molecule has 39 heavy (non-hydrogen) atoms. The standard InChI is InChI=1S/C25H26ClN5O5S2.ClH/c1-35-20-7-3-6-19-23(20)24(30-38(33,34)22-9-8-21(26)37-22)29-31(19)14-17-5-2-4-16(12-17)13-28-25(32)18-15-36-11-10-27-18;/h2-9,12,18,27H,10-11,13-15H2,1H3,(H,28,32)(H,29,30);1H/t18-;/m1./s1. The van der Waals surface area contributed by atoms with Gasteiger partial charge in [0.25, 0.3) is 10.0 Å². The molecule has 1 atom stereocenters. The van der Waals surface area contributed by atoms with Crippen LogP contribution in [0.15, 0.2) is 58.8 Å². The van der Waals surface area contributed by atoms with Gasteiger partial charge in [0.2, 0.25) is 5.91 Å². The second-order valence-electron chi connectivity index (χ2n) is 8.64. The van der Waals surface area contributed by atoms with Gasteiger partial charge >= 0.3 is 0 Å². The number of methoxy groups -OCH3 is 1. The molecule has 14 heteroatoms. The Morgan fingerprint density at radius 1 is 1.23 bits per heavy atom. The molecule has 1 saturated heterocycles. The molecule has 0 spiro atoms. The van der Waals surface area contributed by atoms with E-state index in [1.165, 1.54) is 19.2 Å². The smallest absolute Gasteiger partial charge is 0.272 e. The number of morpholine rings is 1. The fourth-order valence-corrected chi connectivity index (χ4v) is 6.73. The van der Waals surface area contributed by atoms with E-state index in [1.54, 1.807) is 10.7 Å². The van der Waals surface area contributed by atoms with Gasteiger partial charge in [0.1, 0.15) is 16.0 Å². The number of carbonyl (C=O) groups excluding carboxylic acids is 1. The summed E-state index contributed by atoms with van der Waals surface area (Å²) in [5.74, 6) is 0.546. The van der Waals surface area contributed by atoms with Crippen molar-refractivity contribution in [3.05, 3.63) is 70.1 Å². The van der Waals surface area contributed by atoms with Crippen LogP contribution in [0.5, 0.6) is 5.75 Å². The number of benzene rings is 2. The zero-order chi connectivity index (χ0) is 26.7. The fourth-order valence-electron chi connectivity index (χ4n) is 4.24. The van der Waals surface area contributed by atoms with Crippen molar-refractivity contribution in [1.82, 2.24) is 20.4 Å². The van der Waals surface area contributed by atoms with Crippen LogP contribution in [0.4, 0.5) is 5.82 Å². The van der Waals surface area contributed by atoms with E-state index >= 15 is 0 Å². The van der Waals surface area contributed by atoms with E-state index in [1.807, 2.05) is 36.4 Å². The summed E-state index contributed by atoms with van der Waals surface area (Å²) >= 11 is 6.92. The number of rotatable bonds is 9. The van der Waals surface area contributed by atoms with Gasteiger partial charge in [-0.2, -0.15) is 5.10 Å². The van der Waals surface area contributed by atoms with Crippen molar-refractivity contribution < 1.29 is 22.7 Å². The summed E-state index contributed by atoms with van der Waals surface area (Å²) in [7, 11) is -2.38. The molecule has 0 aliphatic carbocycles. The van der Waals surface area contributed by atoms with Crippen LogP contribution in [0.25, 0.3) is 10.9 Å². The van der Waals surface area contributed by atoms with Crippen molar-refractivity contribution in [2.45, 2.75) is 23.3 Å². The average Bonchev–Trinajstić information content (AvgIpc) is 3.52. The molecule has 0 bridgehead atoms. The number of anilines is 1. The molecule has 0 radical (unpaired) electrons. The van der Waals surface area contributed by atoms with Gasteiger partial charge in [-0.25, -0.2) is 8.42 Å². The molecular weight excluding hydrogens is 585 g/mol. The van der Waals surface area contributed by atoms with E-state index in [4.69, 9.17) is 21.1 Å². The zero-order valence-corrected chi connectivity index (χ0v) is 24.1. The molecular formula is C25H27Cl2N5O5S2. The molecule has 10 nitrogen and oxygen atoms in total. The number of hydrogen-bond donors (Lipinski definition) is 3. The Morgan fingerprint density at radius 2 is 2.03 bits per heavy atom. The molecule has 3 N–H and O–H groups in total. The Bertz CT molecular complexity index is 1570. The maximum absolute atomic E-state index is 13.0. The van der Waals surface area contributed by atoms with Crippen LogP contribution in [-0.2, 0) is 32.6 Å². The molecule has 3 heterocycles. The largest absolute Gasteiger partial charge is 0.496 e. The highest BCUT2D eigenvalue weighted by molar-refractivity contribution is 7.94. The maximum Gasteiger partial charge on any atom is 0.272 e. The van der Waals surface area contributed by atoms with E-state index in [-0.39, 0.29) is 34.4 Å². The van der Waals surface area contributed by atoms with Gasteiger partial charge in [-0.15, -0.1) is 23.7 Å². The second kappa shape index (κ2) is 12.5. The van der Waals surface area contributed by atoms with Gasteiger partial charge in [0.15, 0.2) is 5.82 Å². The molecule has 1 fully saturated rings. The number of nitrogens with one attached hydrogen (secondary N) is 3. The number of fused-ring (bicyclic) bond motifs is 1. The van der Waals surface area contributed by atoms with Gasteiger partial charge in [0, 0.05) is 13.1 Å². The van der Waals surface area contributed by atoms with Crippen LogP contribution in [0.3, 0.4) is 0 Å². The Morgan fingerprint density at radius 3 is 2.74 bits per heavy atom. The number of sulfonamides is 1. The van der Waals surface area contributed by atoms with E-state index in [9.17, 15) is 13.2 Å². The minimum Gasteiger partial charge on any atom is -0.496 e. The first-order valence-corrected chi connectivity index (χ1v) is 14.5. The van der Waals surface area contributed by atoms with Gasteiger partial charge in [-0.05, 0) is 35.4 Å². The van der Waals surface area contributed by atoms with Gasteiger partial charge < -0.3 is 20.1 Å². The van der Waals surface area contributed by atoms with Crippen LogP contribution >= 0.6 is 35.3 Å². The lowest BCUT2D eigenvalue weighted by Crippen LogP contribution is -2.51. The van der Waals surface area contributed by atoms with Crippen LogP contribution in [0.1, 0.15) is 11.1 Å². The van der Waals surface area contributed by atoms with E-state index < -0.39 is 10.0 Å². The first kappa shape index (κ1) is 29.1. The second-order valence-corrected chi connectivity index (χ2v) is 12.3. The molecule has 1 aliphatic rings. The summed E-state index contributed by atoms with van der Waals surface area (Å²) in [6.07, 6.45) is 0. The molecule has 1 amide bonds. The molecule has 4 aromatic rings. The highest BCUT2D eigenvalue weighted by Gasteiger charge is 2.23. The van der Waals surface area contributed by atoms with E-state index in [2.05, 4.69) is 20.5 Å². The summed E-state index contributed by atoms with van der Waals surface area (Å²) in [5, 5.41) is 11.2. The third-order valence-corrected chi connectivity index (χ3v) is 9.09. The lowest BCUT2D eigenvalue weighted by Gasteiger charge is -2.22. The van der Waals surface area contributed by atoms with Crippen molar-refractivity contribution in [3.8, 4) is 5.75 Å². The molecule has 2 aromatic carbocycles.